The first kappa shape index (κ1) is 14.9. The van der Waals surface area contributed by atoms with E-state index in [4.69, 9.17) is 0 Å². The molecule has 0 saturated heterocycles. The number of amides is 2. The number of nitrogens with one attached hydrogen (secondary N) is 1. The van der Waals surface area contributed by atoms with Crippen LogP contribution in [-0.4, -0.2) is 56.6 Å². The first-order chi connectivity index (χ1) is 7.93. The second-order valence-electron chi connectivity index (χ2n) is 3.13. The van der Waals surface area contributed by atoms with Crippen LogP contribution in [0.4, 0.5) is 4.79 Å². The molecule has 0 fully saturated rings. The Morgan fingerprint density at radius 1 is 1.24 bits per heavy atom. The summed E-state index contributed by atoms with van der Waals surface area (Å²) >= 11 is 0. The van der Waals surface area contributed by atoms with Crippen LogP contribution in [0.2, 0.25) is 0 Å². The van der Waals surface area contributed by atoms with Crippen molar-refractivity contribution in [1.82, 2.24) is 10.2 Å². The van der Waals surface area contributed by atoms with Crippen molar-refractivity contribution in [1.29, 1.82) is 0 Å². The van der Waals surface area contributed by atoms with Gasteiger partial charge >= 0.3 is 6.09 Å². The second kappa shape index (κ2) is 7.20. The summed E-state index contributed by atoms with van der Waals surface area (Å²) in [5.41, 5.74) is 0.0583. The Labute approximate surface area is 99.2 Å². The van der Waals surface area contributed by atoms with Crippen LogP contribution < -0.4 is 5.32 Å². The molecule has 0 rings (SSSR count). The lowest BCUT2D eigenvalue weighted by Gasteiger charge is -2.07. The Balaban J connectivity index is 4.94. The zero-order valence-corrected chi connectivity index (χ0v) is 10.5. The fraction of sp³-hybridized carbons (Fsp3) is 0.556. The number of hydrogen-bond acceptors (Lipinski definition) is 6. The summed E-state index contributed by atoms with van der Waals surface area (Å²) in [6, 6.07) is 0. The number of rotatable bonds is 4. The normalized spacial score (nSPS) is 11.8. The summed E-state index contributed by atoms with van der Waals surface area (Å²) < 4.78 is 0. The maximum Gasteiger partial charge on any atom is 0.435 e. The van der Waals surface area contributed by atoms with E-state index in [1.807, 2.05) is 0 Å². The van der Waals surface area contributed by atoms with Gasteiger partial charge < -0.3 is 15.1 Å². The molecule has 0 unspecified atom stereocenters. The zero-order valence-electron chi connectivity index (χ0n) is 10.5. The number of nitrogens with zero attached hydrogens (tertiary/aromatic N) is 3. The molecule has 0 aliphatic carbocycles. The molecule has 0 aromatic heterocycles. The average Bonchev–Trinajstić information content (AvgIpc) is 2.28. The van der Waals surface area contributed by atoms with E-state index in [0.717, 1.165) is 0 Å². The van der Waals surface area contributed by atoms with E-state index in [9.17, 15) is 9.59 Å². The Morgan fingerprint density at radius 2 is 1.82 bits per heavy atom. The summed E-state index contributed by atoms with van der Waals surface area (Å²) in [6.07, 6.45) is -0.698. The molecule has 96 valence electrons. The quantitative estimate of drug-likeness (QED) is 0.421. The molecule has 0 atom stereocenters. The highest BCUT2D eigenvalue weighted by Crippen LogP contribution is 1.92. The van der Waals surface area contributed by atoms with E-state index in [1.54, 1.807) is 0 Å². The van der Waals surface area contributed by atoms with Crippen LogP contribution in [0.1, 0.15) is 6.92 Å². The molecule has 0 bridgehead atoms. The number of oxime groups is 2. The summed E-state index contributed by atoms with van der Waals surface area (Å²) in [5.74, 6) is -0.533. The predicted molar refractivity (Wildman–Crippen MR) is 61.8 cm³/mol. The van der Waals surface area contributed by atoms with Crippen molar-refractivity contribution in [3.63, 3.8) is 0 Å². The maximum atomic E-state index is 11.4. The number of carbonyl (C=O) groups is 2. The van der Waals surface area contributed by atoms with Gasteiger partial charge in [0.1, 0.15) is 12.8 Å². The van der Waals surface area contributed by atoms with Gasteiger partial charge in [0.25, 0.3) is 5.91 Å². The highest BCUT2D eigenvalue weighted by Gasteiger charge is 2.16. The van der Waals surface area contributed by atoms with Crippen LogP contribution in [0.5, 0.6) is 0 Å². The van der Waals surface area contributed by atoms with Gasteiger partial charge in [0, 0.05) is 21.1 Å². The molecule has 17 heavy (non-hydrogen) atoms. The zero-order chi connectivity index (χ0) is 13.4. The fourth-order valence-corrected chi connectivity index (χ4v) is 0.737. The van der Waals surface area contributed by atoms with Crippen LogP contribution in [0.15, 0.2) is 10.3 Å². The Hall–Kier alpha value is -2.12. The smallest absolute Gasteiger partial charge is 0.399 e. The topological polar surface area (TPSA) is 92.6 Å². The minimum atomic E-state index is -0.698. The molecule has 8 heteroatoms. The molecule has 0 spiro atoms. The van der Waals surface area contributed by atoms with Gasteiger partial charge in [-0.3, -0.25) is 9.63 Å². The van der Waals surface area contributed by atoms with Gasteiger partial charge in [0.15, 0.2) is 5.71 Å². The van der Waals surface area contributed by atoms with E-state index in [1.165, 1.54) is 40.1 Å². The number of carbonyl (C=O) groups excluding carboxylic acids is 2. The van der Waals surface area contributed by atoms with Crippen molar-refractivity contribution in [2.45, 2.75) is 6.92 Å². The third-order valence-electron chi connectivity index (χ3n) is 1.59. The van der Waals surface area contributed by atoms with Crippen LogP contribution in [-0.2, 0) is 14.5 Å². The maximum absolute atomic E-state index is 11.4. The van der Waals surface area contributed by atoms with Crippen molar-refractivity contribution in [3.05, 3.63) is 0 Å². The SMILES string of the molecule is CNC(=O)C(=NOC(=O)N(C)C)C(C)=NOC. The van der Waals surface area contributed by atoms with Crippen molar-refractivity contribution < 1.29 is 19.3 Å². The molecule has 0 aromatic carbocycles. The van der Waals surface area contributed by atoms with E-state index < -0.39 is 12.0 Å². The molecule has 0 heterocycles. The van der Waals surface area contributed by atoms with Gasteiger partial charge in [-0.15, -0.1) is 0 Å². The Kier molecular flexibility index (Phi) is 6.30. The molecule has 0 aliphatic rings. The van der Waals surface area contributed by atoms with Gasteiger partial charge in [0.2, 0.25) is 0 Å². The van der Waals surface area contributed by atoms with Crippen LogP contribution in [0.3, 0.4) is 0 Å². The lowest BCUT2D eigenvalue weighted by atomic mass is 10.2. The summed E-state index contributed by atoms with van der Waals surface area (Å²) in [7, 11) is 5.74. The Morgan fingerprint density at radius 3 is 2.24 bits per heavy atom. The highest BCUT2D eigenvalue weighted by molar-refractivity contribution is 6.66. The van der Waals surface area contributed by atoms with Gasteiger partial charge in [-0.25, -0.2) is 4.79 Å². The highest BCUT2D eigenvalue weighted by atomic mass is 16.7. The molecule has 8 nitrogen and oxygen atoms in total. The van der Waals surface area contributed by atoms with Crippen molar-refractivity contribution >= 4 is 23.4 Å². The average molecular weight is 244 g/mol. The summed E-state index contributed by atoms with van der Waals surface area (Å²) in [6.45, 7) is 1.50. The fourth-order valence-electron chi connectivity index (χ4n) is 0.737. The minimum absolute atomic E-state index is 0.135. The molecule has 0 radical (unpaired) electrons. The van der Waals surface area contributed by atoms with Crippen molar-refractivity contribution in [3.8, 4) is 0 Å². The lowest BCUT2D eigenvalue weighted by Crippen LogP contribution is -2.33. The molecule has 0 aliphatic heterocycles. The molecule has 1 N–H and O–H groups in total. The second-order valence-corrected chi connectivity index (χ2v) is 3.13. The van der Waals surface area contributed by atoms with Crippen molar-refractivity contribution in [2.75, 3.05) is 28.3 Å². The first-order valence-corrected chi connectivity index (χ1v) is 4.70. The standard InChI is InChI=1S/C9H16N4O4/c1-6(11-16-5)7(8(14)10-2)12-17-9(15)13(3)4/h1-5H3,(H,10,14). The largest absolute Gasteiger partial charge is 0.435 e. The molecule has 0 aromatic rings. The van der Waals surface area contributed by atoms with E-state index in [2.05, 4.69) is 25.3 Å². The first-order valence-electron chi connectivity index (χ1n) is 4.70. The van der Waals surface area contributed by atoms with Gasteiger partial charge in [0.05, 0.1) is 0 Å². The summed E-state index contributed by atoms with van der Waals surface area (Å²) in [4.78, 5) is 32.8. The van der Waals surface area contributed by atoms with Gasteiger partial charge in [-0.05, 0) is 6.92 Å². The number of hydrogen-bond donors (Lipinski definition) is 1. The van der Waals surface area contributed by atoms with Gasteiger partial charge in [-0.2, -0.15) is 0 Å². The lowest BCUT2D eigenvalue weighted by molar-refractivity contribution is -0.114. The molecule has 2 amide bonds. The third-order valence-corrected chi connectivity index (χ3v) is 1.59. The Bertz CT molecular complexity index is 349. The third kappa shape index (κ3) is 4.96. The van der Waals surface area contributed by atoms with Crippen LogP contribution in [0.25, 0.3) is 0 Å². The summed E-state index contributed by atoms with van der Waals surface area (Å²) in [5, 5.41) is 9.32. The van der Waals surface area contributed by atoms with E-state index in [0.29, 0.717) is 0 Å². The molecule has 0 saturated carbocycles. The van der Waals surface area contributed by atoms with Crippen LogP contribution in [0, 0.1) is 0 Å². The monoisotopic (exact) mass is 244 g/mol. The molecular weight excluding hydrogens is 228 g/mol. The molecular formula is C9H16N4O4. The predicted octanol–water partition coefficient (Wildman–Crippen LogP) is -0.191. The van der Waals surface area contributed by atoms with E-state index in [-0.39, 0.29) is 11.4 Å². The minimum Gasteiger partial charge on any atom is -0.399 e. The van der Waals surface area contributed by atoms with Crippen LogP contribution >= 0.6 is 0 Å². The van der Waals surface area contributed by atoms with Gasteiger partial charge in [-0.1, -0.05) is 10.3 Å². The van der Waals surface area contributed by atoms with E-state index >= 15 is 0 Å². The van der Waals surface area contributed by atoms with Crippen molar-refractivity contribution in [2.24, 2.45) is 10.3 Å².